The van der Waals surface area contributed by atoms with Gasteiger partial charge >= 0.3 is 0 Å². The zero-order valence-electron chi connectivity index (χ0n) is 19.0. The van der Waals surface area contributed by atoms with Crippen LogP contribution in [0.1, 0.15) is 51.9 Å². The van der Waals surface area contributed by atoms with E-state index in [0.717, 1.165) is 44.5 Å². The number of nitrogens with one attached hydrogen (secondary N) is 1. The number of hydrogen-bond donors (Lipinski definition) is 1. The van der Waals surface area contributed by atoms with Gasteiger partial charge in [-0.15, -0.1) is 0 Å². The molecule has 4 rings (SSSR count). The van der Waals surface area contributed by atoms with Crippen molar-refractivity contribution in [2.75, 3.05) is 37.0 Å². The molecule has 1 saturated carbocycles. The Hall–Kier alpha value is -2.06. The van der Waals surface area contributed by atoms with Crippen molar-refractivity contribution in [1.29, 1.82) is 0 Å². The van der Waals surface area contributed by atoms with E-state index in [2.05, 4.69) is 17.1 Å². The molecule has 0 unspecified atom stereocenters. The second-order valence-corrected chi connectivity index (χ2v) is 9.64. The molecule has 32 heavy (non-hydrogen) atoms. The van der Waals surface area contributed by atoms with Crippen LogP contribution in [0.15, 0.2) is 28.2 Å². The fourth-order valence-corrected chi connectivity index (χ4v) is 5.31. The number of hydrogen-bond acceptors (Lipinski definition) is 6. The van der Waals surface area contributed by atoms with Crippen LogP contribution in [0.25, 0.3) is 10.9 Å². The molecule has 1 amide bonds. The summed E-state index contributed by atoms with van der Waals surface area (Å²) in [5.41, 5.74) is 1.71. The summed E-state index contributed by atoms with van der Waals surface area (Å²) in [4.78, 5) is 33.0. The number of aromatic nitrogens is 2. The standard InChI is InChI=1S/C24H34N4O3S/c1-2-3-11-28-23(30)20-16-19(27-12-14-31-15-13-27)9-10-21(20)26-24(28)32-17-22(29)25-18-7-5-4-6-8-18/h9-10,16,18H,2-8,11-15,17H2,1H3,(H,25,29). The van der Waals surface area contributed by atoms with Crippen LogP contribution in [-0.2, 0) is 16.1 Å². The molecule has 1 aliphatic heterocycles. The maximum Gasteiger partial charge on any atom is 0.262 e. The topological polar surface area (TPSA) is 76.5 Å². The van der Waals surface area contributed by atoms with E-state index in [1.165, 1.54) is 31.0 Å². The van der Waals surface area contributed by atoms with E-state index in [4.69, 9.17) is 9.72 Å². The van der Waals surface area contributed by atoms with Gasteiger partial charge in [-0.1, -0.05) is 44.4 Å². The number of ether oxygens (including phenoxy) is 1. The lowest BCUT2D eigenvalue weighted by Gasteiger charge is -2.29. The van der Waals surface area contributed by atoms with Crippen LogP contribution >= 0.6 is 11.8 Å². The molecule has 0 bridgehead atoms. The van der Waals surface area contributed by atoms with Crippen LogP contribution in [-0.4, -0.2) is 53.6 Å². The largest absolute Gasteiger partial charge is 0.378 e. The molecule has 0 spiro atoms. The number of amides is 1. The molecule has 0 atom stereocenters. The summed E-state index contributed by atoms with van der Waals surface area (Å²) in [6.45, 7) is 5.79. The van der Waals surface area contributed by atoms with E-state index in [-0.39, 0.29) is 17.2 Å². The quantitative estimate of drug-likeness (QED) is 0.481. The Morgan fingerprint density at radius 1 is 1.22 bits per heavy atom. The summed E-state index contributed by atoms with van der Waals surface area (Å²) in [5.74, 6) is 0.313. The monoisotopic (exact) mass is 458 g/mol. The normalized spacial score (nSPS) is 17.6. The molecule has 174 valence electrons. The SMILES string of the molecule is CCCCn1c(SCC(=O)NC2CCCCC2)nc2ccc(N3CCOCC3)cc2c1=O. The molecule has 1 saturated heterocycles. The van der Waals surface area contributed by atoms with Crippen LogP contribution in [0.3, 0.4) is 0 Å². The Balaban J connectivity index is 1.55. The molecule has 2 fully saturated rings. The third kappa shape index (κ3) is 5.64. The lowest BCUT2D eigenvalue weighted by molar-refractivity contribution is -0.119. The predicted molar refractivity (Wildman–Crippen MR) is 130 cm³/mol. The van der Waals surface area contributed by atoms with Crippen LogP contribution in [0.2, 0.25) is 0 Å². The van der Waals surface area contributed by atoms with Gasteiger partial charge in [0.25, 0.3) is 5.56 Å². The molecule has 7 nitrogen and oxygen atoms in total. The smallest absolute Gasteiger partial charge is 0.262 e. The third-order valence-electron chi connectivity index (χ3n) is 6.32. The number of anilines is 1. The Morgan fingerprint density at radius 3 is 2.75 bits per heavy atom. The van der Waals surface area contributed by atoms with Crippen molar-refractivity contribution in [2.45, 2.75) is 69.6 Å². The van der Waals surface area contributed by atoms with Gasteiger partial charge in [-0.05, 0) is 37.5 Å². The molecule has 2 aliphatic rings. The second kappa shape index (κ2) is 11.2. The second-order valence-electron chi connectivity index (χ2n) is 8.70. The number of thioether (sulfide) groups is 1. The first kappa shape index (κ1) is 23.1. The number of carbonyl (C=O) groups excluding carboxylic acids is 1. The summed E-state index contributed by atoms with van der Waals surface area (Å²) in [6.07, 6.45) is 7.66. The molecule has 1 aromatic heterocycles. The van der Waals surface area contributed by atoms with Crippen molar-refractivity contribution in [2.24, 2.45) is 0 Å². The van der Waals surface area contributed by atoms with Crippen molar-refractivity contribution >= 4 is 34.3 Å². The highest BCUT2D eigenvalue weighted by molar-refractivity contribution is 7.99. The van der Waals surface area contributed by atoms with E-state index in [1.807, 2.05) is 18.2 Å². The van der Waals surface area contributed by atoms with Crippen LogP contribution in [0.4, 0.5) is 5.69 Å². The van der Waals surface area contributed by atoms with E-state index in [9.17, 15) is 9.59 Å². The van der Waals surface area contributed by atoms with Gasteiger partial charge in [-0.25, -0.2) is 4.98 Å². The Bertz CT molecular complexity index is 981. The summed E-state index contributed by atoms with van der Waals surface area (Å²) in [6, 6.07) is 6.21. The van der Waals surface area contributed by atoms with Gasteiger partial charge < -0.3 is 15.0 Å². The molecule has 2 heterocycles. The van der Waals surface area contributed by atoms with Crippen molar-refractivity contribution in [1.82, 2.24) is 14.9 Å². The average Bonchev–Trinajstić information content (AvgIpc) is 2.83. The number of morpholine rings is 1. The van der Waals surface area contributed by atoms with Crippen LogP contribution in [0, 0.1) is 0 Å². The number of rotatable bonds is 8. The third-order valence-corrected chi connectivity index (χ3v) is 7.29. The van der Waals surface area contributed by atoms with Gasteiger partial charge in [0.05, 0.1) is 29.9 Å². The van der Waals surface area contributed by atoms with Crippen molar-refractivity contribution in [3.8, 4) is 0 Å². The molecular weight excluding hydrogens is 424 g/mol. The maximum absolute atomic E-state index is 13.4. The van der Waals surface area contributed by atoms with Gasteiger partial charge in [0.1, 0.15) is 0 Å². The highest BCUT2D eigenvalue weighted by atomic mass is 32.2. The minimum absolute atomic E-state index is 0.0197. The number of carbonyl (C=O) groups is 1. The number of fused-ring (bicyclic) bond motifs is 1. The first-order valence-electron chi connectivity index (χ1n) is 11.9. The Kier molecular flexibility index (Phi) is 8.08. The molecule has 1 N–H and O–H groups in total. The highest BCUT2D eigenvalue weighted by Crippen LogP contribution is 2.24. The molecular formula is C24H34N4O3S. The maximum atomic E-state index is 13.4. The van der Waals surface area contributed by atoms with Crippen LogP contribution < -0.4 is 15.8 Å². The van der Waals surface area contributed by atoms with Crippen LogP contribution in [0.5, 0.6) is 0 Å². The van der Waals surface area contributed by atoms with Gasteiger partial charge in [0, 0.05) is 31.4 Å². The Labute approximate surface area is 193 Å². The van der Waals surface area contributed by atoms with Crippen molar-refractivity contribution in [3.05, 3.63) is 28.6 Å². The summed E-state index contributed by atoms with van der Waals surface area (Å²) in [7, 11) is 0. The van der Waals surface area contributed by atoms with Gasteiger partial charge in [-0.2, -0.15) is 0 Å². The van der Waals surface area contributed by atoms with E-state index < -0.39 is 0 Å². The number of benzene rings is 1. The number of nitrogens with zero attached hydrogens (tertiary/aromatic N) is 3. The molecule has 8 heteroatoms. The van der Waals surface area contributed by atoms with Gasteiger partial charge in [-0.3, -0.25) is 14.2 Å². The summed E-state index contributed by atoms with van der Waals surface area (Å²) in [5, 5.41) is 4.43. The highest BCUT2D eigenvalue weighted by Gasteiger charge is 2.18. The number of unbranched alkanes of at least 4 members (excludes halogenated alkanes) is 1. The summed E-state index contributed by atoms with van der Waals surface area (Å²) >= 11 is 1.37. The predicted octanol–water partition coefficient (Wildman–Crippen LogP) is 3.57. The van der Waals surface area contributed by atoms with E-state index >= 15 is 0 Å². The lowest BCUT2D eigenvalue weighted by atomic mass is 9.95. The first-order chi connectivity index (χ1) is 15.7. The molecule has 0 radical (unpaired) electrons. The fourth-order valence-electron chi connectivity index (χ4n) is 4.48. The first-order valence-corrected chi connectivity index (χ1v) is 12.9. The van der Waals surface area contributed by atoms with E-state index in [1.54, 1.807) is 4.57 Å². The minimum Gasteiger partial charge on any atom is -0.378 e. The van der Waals surface area contributed by atoms with Gasteiger partial charge in [0.2, 0.25) is 5.91 Å². The van der Waals surface area contributed by atoms with E-state index in [0.29, 0.717) is 41.9 Å². The fraction of sp³-hybridized carbons (Fsp3) is 0.625. The molecule has 1 aliphatic carbocycles. The minimum atomic E-state index is -0.0197. The molecule has 1 aromatic carbocycles. The lowest BCUT2D eigenvalue weighted by Crippen LogP contribution is -2.37. The Morgan fingerprint density at radius 2 is 2.00 bits per heavy atom. The molecule has 2 aromatic rings. The zero-order valence-corrected chi connectivity index (χ0v) is 19.8. The van der Waals surface area contributed by atoms with Crippen molar-refractivity contribution < 1.29 is 9.53 Å². The summed E-state index contributed by atoms with van der Waals surface area (Å²) < 4.78 is 7.21. The average molecular weight is 459 g/mol. The van der Waals surface area contributed by atoms with Crippen molar-refractivity contribution in [3.63, 3.8) is 0 Å². The van der Waals surface area contributed by atoms with Gasteiger partial charge in [0.15, 0.2) is 5.16 Å². The zero-order chi connectivity index (χ0) is 22.3.